The Morgan fingerprint density at radius 3 is 2.21 bits per heavy atom. The van der Waals surface area contributed by atoms with Gasteiger partial charge in [0.25, 0.3) is 0 Å². The van der Waals surface area contributed by atoms with Crippen LogP contribution in [0.1, 0.15) is 38.5 Å². The van der Waals surface area contributed by atoms with Gasteiger partial charge in [-0.1, -0.05) is 32.3 Å². The normalized spacial score (nSPS) is 9.79. The van der Waals surface area contributed by atoms with Gasteiger partial charge in [-0.25, -0.2) is 9.90 Å². The third kappa shape index (κ3) is 9.26. The predicted octanol–water partition coefficient (Wildman–Crippen LogP) is 2.49. The van der Waals surface area contributed by atoms with Crippen LogP contribution in [0, 0.1) is 0 Å². The summed E-state index contributed by atoms with van der Waals surface area (Å²) in [7, 11) is 0. The molecule has 81 valence electrons. The standard InChI is InChI=1S/C11H19O3/c1-2-11(13)14-10-8-6-4-3-5-7-9-12/h2H,1,3-10H2. The van der Waals surface area contributed by atoms with E-state index in [0.717, 1.165) is 38.5 Å². The van der Waals surface area contributed by atoms with Crippen LogP contribution in [-0.4, -0.2) is 19.2 Å². The van der Waals surface area contributed by atoms with Gasteiger partial charge in [0.2, 0.25) is 0 Å². The number of rotatable bonds is 9. The van der Waals surface area contributed by atoms with Gasteiger partial charge in [-0.05, 0) is 12.8 Å². The first-order valence-corrected chi connectivity index (χ1v) is 5.18. The lowest BCUT2D eigenvalue weighted by molar-refractivity contribution is -0.137. The van der Waals surface area contributed by atoms with Gasteiger partial charge in [-0.15, -0.1) is 0 Å². The summed E-state index contributed by atoms with van der Waals surface area (Å²) in [4.78, 5) is 10.6. The molecule has 14 heavy (non-hydrogen) atoms. The van der Waals surface area contributed by atoms with Crippen LogP contribution in [0.4, 0.5) is 0 Å². The molecule has 0 amide bonds. The van der Waals surface area contributed by atoms with Crippen LogP contribution in [0.5, 0.6) is 0 Å². The zero-order valence-corrected chi connectivity index (χ0v) is 8.67. The van der Waals surface area contributed by atoms with Crippen molar-refractivity contribution in [1.29, 1.82) is 0 Å². The lowest BCUT2D eigenvalue weighted by Crippen LogP contribution is -2.01. The molecule has 0 fully saturated rings. The highest BCUT2D eigenvalue weighted by atomic mass is 16.5. The molecule has 0 unspecified atom stereocenters. The third-order valence-electron chi connectivity index (χ3n) is 1.95. The summed E-state index contributed by atoms with van der Waals surface area (Å²) < 4.78 is 4.81. The molecule has 0 aromatic heterocycles. The summed E-state index contributed by atoms with van der Waals surface area (Å²) in [6.07, 6.45) is 7.17. The van der Waals surface area contributed by atoms with Crippen molar-refractivity contribution in [2.24, 2.45) is 0 Å². The van der Waals surface area contributed by atoms with Crippen molar-refractivity contribution >= 4 is 5.97 Å². The minimum Gasteiger partial charge on any atom is -0.463 e. The smallest absolute Gasteiger partial charge is 0.330 e. The Balaban J connectivity index is 2.99. The Hall–Kier alpha value is -0.830. The van der Waals surface area contributed by atoms with E-state index in [-0.39, 0.29) is 12.6 Å². The van der Waals surface area contributed by atoms with E-state index in [4.69, 9.17) is 4.74 Å². The first kappa shape index (κ1) is 13.2. The second kappa shape index (κ2) is 10.3. The maximum absolute atomic E-state index is 10.6. The number of esters is 1. The van der Waals surface area contributed by atoms with Crippen molar-refractivity contribution in [3.8, 4) is 0 Å². The minimum absolute atomic E-state index is 0.0386. The molecular weight excluding hydrogens is 180 g/mol. The zero-order valence-electron chi connectivity index (χ0n) is 8.67. The summed E-state index contributed by atoms with van der Waals surface area (Å²) in [5.41, 5.74) is 0. The van der Waals surface area contributed by atoms with E-state index in [1.54, 1.807) is 0 Å². The van der Waals surface area contributed by atoms with Gasteiger partial charge in [0, 0.05) is 6.08 Å². The van der Waals surface area contributed by atoms with Gasteiger partial charge in [0.05, 0.1) is 13.2 Å². The second-order valence-corrected chi connectivity index (χ2v) is 3.20. The van der Waals surface area contributed by atoms with Gasteiger partial charge in [-0.3, -0.25) is 0 Å². The van der Waals surface area contributed by atoms with Crippen LogP contribution in [0.15, 0.2) is 12.7 Å². The van der Waals surface area contributed by atoms with Crippen molar-refractivity contribution in [2.45, 2.75) is 38.5 Å². The van der Waals surface area contributed by atoms with Crippen LogP contribution < -0.4 is 0 Å². The molecule has 0 aromatic carbocycles. The molecule has 3 heteroatoms. The molecule has 0 atom stereocenters. The lowest BCUT2D eigenvalue weighted by atomic mass is 10.1. The molecule has 0 aliphatic heterocycles. The van der Waals surface area contributed by atoms with Gasteiger partial charge in [-0.2, -0.15) is 0 Å². The van der Waals surface area contributed by atoms with E-state index in [1.165, 1.54) is 6.08 Å². The van der Waals surface area contributed by atoms with Gasteiger partial charge < -0.3 is 4.74 Å². The molecule has 0 bridgehead atoms. The average molecular weight is 199 g/mol. The molecule has 0 aliphatic rings. The molecule has 3 nitrogen and oxygen atoms in total. The van der Waals surface area contributed by atoms with Crippen LogP contribution >= 0.6 is 0 Å². The SMILES string of the molecule is C=CC(=O)OCCCCCCCC[O]. The number of unbranched alkanes of at least 4 members (excludes halogenated alkanes) is 5. The van der Waals surface area contributed by atoms with Crippen molar-refractivity contribution in [3.05, 3.63) is 12.7 Å². The Morgan fingerprint density at radius 1 is 1.07 bits per heavy atom. The molecular formula is C11H19O3. The first-order chi connectivity index (χ1) is 6.81. The summed E-state index contributed by atoms with van der Waals surface area (Å²) in [6, 6.07) is 0. The fourth-order valence-corrected chi connectivity index (χ4v) is 1.14. The molecule has 0 aliphatic carbocycles. The molecule has 0 saturated heterocycles. The number of ether oxygens (including phenoxy) is 1. The minimum atomic E-state index is -0.351. The fraction of sp³-hybridized carbons (Fsp3) is 0.727. The van der Waals surface area contributed by atoms with Crippen molar-refractivity contribution in [3.63, 3.8) is 0 Å². The molecule has 0 saturated carbocycles. The summed E-state index contributed by atoms with van der Waals surface area (Å²) in [5.74, 6) is -0.351. The van der Waals surface area contributed by atoms with Gasteiger partial charge in [0.15, 0.2) is 0 Å². The lowest BCUT2D eigenvalue weighted by Gasteiger charge is -2.01. The van der Waals surface area contributed by atoms with Crippen molar-refractivity contribution < 1.29 is 14.6 Å². The third-order valence-corrected chi connectivity index (χ3v) is 1.95. The summed E-state index contributed by atoms with van der Waals surface area (Å²) in [5, 5.41) is 10.1. The fourth-order valence-electron chi connectivity index (χ4n) is 1.14. The Kier molecular flexibility index (Phi) is 9.64. The first-order valence-electron chi connectivity index (χ1n) is 5.18. The van der Waals surface area contributed by atoms with Crippen LogP contribution in [0.3, 0.4) is 0 Å². The monoisotopic (exact) mass is 199 g/mol. The number of carbonyl (C=O) groups excluding carboxylic acids is 1. The number of hydrogen-bond donors (Lipinski definition) is 0. The van der Waals surface area contributed by atoms with E-state index in [2.05, 4.69) is 6.58 Å². The molecule has 0 aromatic rings. The molecule has 0 heterocycles. The largest absolute Gasteiger partial charge is 0.463 e. The highest BCUT2D eigenvalue weighted by Gasteiger charge is 1.95. The van der Waals surface area contributed by atoms with Crippen molar-refractivity contribution in [1.82, 2.24) is 0 Å². The Morgan fingerprint density at radius 2 is 1.64 bits per heavy atom. The summed E-state index contributed by atoms with van der Waals surface area (Å²) in [6.45, 7) is 3.82. The highest BCUT2D eigenvalue weighted by molar-refractivity contribution is 5.81. The Bertz CT molecular complexity index is 155. The summed E-state index contributed by atoms with van der Waals surface area (Å²) >= 11 is 0. The van der Waals surface area contributed by atoms with Crippen LogP contribution in [0.2, 0.25) is 0 Å². The van der Waals surface area contributed by atoms with Crippen LogP contribution in [-0.2, 0) is 14.6 Å². The average Bonchev–Trinajstić information content (AvgIpc) is 2.21. The second-order valence-electron chi connectivity index (χ2n) is 3.20. The topological polar surface area (TPSA) is 46.2 Å². The van der Waals surface area contributed by atoms with E-state index >= 15 is 0 Å². The van der Waals surface area contributed by atoms with E-state index in [1.807, 2.05) is 0 Å². The van der Waals surface area contributed by atoms with Crippen molar-refractivity contribution in [2.75, 3.05) is 13.2 Å². The van der Waals surface area contributed by atoms with Crippen LogP contribution in [0.25, 0.3) is 0 Å². The number of hydrogen-bond acceptors (Lipinski definition) is 2. The zero-order chi connectivity index (χ0) is 10.6. The maximum atomic E-state index is 10.6. The van der Waals surface area contributed by atoms with E-state index in [0.29, 0.717) is 6.61 Å². The van der Waals surface area contributed by atoms with E-state index < -0.39 is 0 Å². The molecule has 0 N–H and O–H groups in total. The highest BCUT2D eigenvalue weighted by Crippen LogP contribution is 2.05. The maximum Gasteiger partial charge on any atom is 0.330 e. The predicted molar refractivity (Wildman–Crippen MR) is 54.4 cm³/mol. The molecule has 0 spiro atoms. The molecule has 0 rings (SSSR count). The number of carbonyl (C=O) groups is 1. The van der Waals surface area contributed by atoms with Gasteiger partial charge in [0.1, 0.15) is 0 Å². The van der Waals surface area contributed by atoms with E-state index in [9.17, 15) is 9.90 Å². The molecule has 1 radical (unpaired) electrons. The quantitative estimate of drug-likeness (QED) is 0.325. The van der Waals surface area contributed by atoms with Gasteiger partial charge >= 0.3 is 5.97 Å². The Labute approximate surface area is 85.8 Å².